The Bertz CT molecular complexity index is 266. The molecule has 0 aliphatic carbocycles. The average Bonchev–Trinajstić information content (AvgIpc) is 2.75. The van der Waals surface area contributed by atoms with Crippen molar-refractivity contribution in [3.63, 3.8) is 0 Å². The fraction of sp³-hybridized carbons (Fsp3) is 0.800. The Balaban J connectivity index is 1.66. The van der Waals surface area contributed by atoms with E-state index in [4.69, 9.17) is 0 Å². The molecule has 8 heteroatoms. The second-order valence-corrected chi connectivity index (χ2v) is 2.60. The Labute approximate surface area is 74.6 Å². The molecule has 2 rings (SSSR count). The fourth-order valence-electron chi connectivity index (χ4n) is 1.04. The van der Waals surface area contributed by atoms with Gasteiger partial charge in [0.05, 0.1) is 6.54 Å². The summed E-state index contributed by atoms with van der Waals surface area (Å²) in [5.41, 5.74) is 2.98. The Morgan fingerprint density at radius 1 is 1.38 bits per heavy atom. The molecule has 0 unspecified atom stereocenters. The monoisotopic (exact) mass is 182 g/mol. The predicted molar refractivity (Wildman–Crippen MR) is 42.0 cm³/mol. The lowest BCUT2D eigenvalue weighted by Crippen LogP contribution is -2.29. The number of nitrogens with zero attached hydrogens (tertiary/aromatic N) is 7. The second-order valence-electron chi connectivity index (χ2n) is 2.60. The number of nitrogens with one attached hydrogen (secondary N) is 1. The highest BCUT2D eigenvalue weighted by Gasteiger charge is 2.04. The van der Waals surface area contributed by atoms with Gasteiger partial charge in [-0.05, 0) is 16.8 Å². The first-order chi connectivity index (χ1) is 6.45. The topological polar surface area (TPSA) is 83.6 Å². The quantitative estimate of drug-likeness (QED) is 0.659. The van der Waals surface area contributed by atoms with Crippen molar-refractivity contribution in [1.29, 1.82) is 0 Å². The summed E-state index contributed by atoms with van der Waals surface area (Å²) in [5.74, 6) is 0. The van der Waals surface area contributed by atoms with Gasteiger partial charge in [-0.3, -0.25) is 0 Å². The predicted octanol–water partition coefficient (Wildman–Crippen LogP) is -0.792. The maximum Gasteiger partial charge on any atom is 0.138 e. The molecule has 1 N–H and O–H groups in total. The van der Waals surface area contributed by atoms with Crippen molar-refractivity contribution in [2.24, 2.45) is 10.3 Å². The minimum Gasteiger partial charge on any atom is -0.232 e. The van der Waals surface area contributed by atoms with Crippen molar-refractivity contribution in [1.82, 2.24) is 30.8 Å². The van der Waals surface area contributed by atoms with Crippen LogP contribution in [-0.4, -0.2) is 38.5 Å². The van der Waals surface area contributed by atoms with E-state index in [2.05, 4.69) is 31.3 Å². The standard InChI is InChI=1S/C5H10N8/c1(2-12-5-7-9-11-12)3-13-8-4-6-10-13/h5,8H,1-4H2. The summed E-state index contributed by atoms with van der Waals surface area (Å²) in [5, 5.41) is 20.1. The lowest BCUT2D eigenvalue weighted by Gasteiger charge is -2.10. The molecule has 0 atom stereocenters. The minimum absolute atomic E-state index is 0.574. The van der Waals surface area contributed by atoms with E-state index in [1.165, 1.54) is 0 Å². The third-order valence-electron chi connectivity index (χ3n) is 1.64. The largest absolute Gasteiger partial charge is 0.232 e. The van der Waals surface area contributed by atoms with Gasteiger partial charge in [0.2, 0.25) is 0 Å². The third kappa shape index (κ3) is 2.18. The van der Waals surface area contributed by atoms with Gasteiger partial charge in [-0.15, -0.1) is 5.10 Å². The Hall–Kier alpha value is -1.57. The molecule has 0 saturated carbocycles. The van der Waals surface area contributed by atoms with Crippen LogP contribution in [0, 0.1) is 0 Å². The van der Waals surface area contributed by atoms with E-state index < -0.39 is 0 Å². The summed E-state index contributed by atoms with van der Waals surface area (Å²) >= 11 is 0. The van der Waals surface area contributed by atoms with E-state index in [1.54, 1.807) is 16.1 Å². The summed E-state index contributed by atoms with van der Waals surface area (Å²) in [6, 6.07) is 0. The summed E-state index contributed by atoms with van der Waals surface area (Å²) in [7, 11) is 0. The van der Waals surface area contributed by atoms with Crippen LogP contribution in [0.1, 0.15) is 6.42 Å². The highest BCUT2D eigenvalue weighted by atomic mass is 15.8. The number of aryl methyl sites for hydroxylation is 1. The van der Waals surface area contributed by atoms with E-state index in [0.717, 1.165) is 19.5 Å². The van der Waals surface area contributed by atoms with Gasteiger partial charge in [0.15, 0.2) is 0 Å². The first-order valence-electron chi connectivity index (χ1n) is 4.04. The highest BCUT2D eigenvalue weighted by molar-refractivity contribution is 4.52. The molecule has 0 saturated heterocycles. The Morgan fingerprint density at radius 3 is 3.08 bits per heavy atom. The van der Waals surface area contributed by atoms with Gasteiger partial charge in [-0.2, -0.15) is 10.5 Å². The highest BCUT2D eigenvalue weighted by Crippen LogP contribution is 1.96. The van der Waals surface area contributed by atoms with Gasteiger partial charge in [-0.1, -0.05) is 5.22 Å². The van der Waals surface area contributed by atoms with E-state index in [-0.39, 0.29) is 0 Å². The molecular formula is C5H10N8. The van der Waals surface area contributed by atoms with Gasteiger partial charge < -0.3 is 0 Å². The molecule has 0 spiro atoms. The van der Waals surface area contributed by atoms with Crippen molar-refractivity contribution in [2.45, 2.75) is 13.0 Å². The summed E-state index contributed by atoms with van der Waals surface area (Å²) in [6.07, 6.45) is 2.52. The van der Waals surface area contributed by atoms with Crippen molar-refractivity contribution in [2.75, 3.05) is 13.2 Å². The SMILES string of the molecule is c1nnnn1CCCN1N=NCN1. The number of hydrogen-bond acceptors (Lipinski definition) is 7. The molecule has 1 aromatic heterocycles. The van der Waals surface area contributed by atoms with E-state index in [9.17, 15) is 0 Å². The lowest BCUT2D eigenvalue weighted by molar-refractivity contribution is 0.221. The van der Waals surface area contributed by atoms with Gasteiger partial charge in [0.1, 0.15) is 13.0 Å². The van der Waals surface area contributed by atoms with Crippen LogP contribution in [-0.2, 0) is 6.54 Å². The Kier molecular flexibility index (Phi) is 2.41. The van der Waals surface area contributed by atoms with Crippen LogP contribution in [0.5, 0.6) is 0 Å². The van der Waals surface area contributed by atoms with Gasteiger partial charge >= 0.3 is 0 Å². The molecule has 0 fully saturated rings. The van der Waals surface area contributed by atoms with Crippen molar-refractivity contribution in [3.8, 4) is 0 Å². The third-order valence-corrected chi connectivity index (χ3v) is 1.64. The van der Waals surface area contributed by atoms with E-state index >= 15 is 0 Å². The zero-order valence-electron chi connectivity index (χ0n) is 7.04. The average molecular weight is 182 g/mol. The first-order valence-corrected chi connectivity index (χ1v) is 4.04. The number of hydrazine groups is 1. The second kappa shape index (κ2) is 3.90. The number of rotatable bonds is 4. The zero-order chi connectivity index (χ0) is 8.93. The molecule has 13 heavy (non-hydrogen) atoms. The number of tetrazole rings is 1. The number of hydrogen-bond donors (Lipinski definition) is 1. The molecule has 1 aromatic rings. The smallest absolute Gasteiger partial charge is 0.138 e. The molecule has 1 aliphatic heterocycles. The van der Waals surface area contributed by atoms with Gasteiger partial charge in [0.25, 0.3) is 0 Å². The van der Waals surface area contributed by atoms with Crippen LogP contribution in [0.2, 0.25) is 0 Å². The van der Waals surface area contributed by atoms with Crippen molar-refractivity contribution in [3.05, 3.63) is 6.33 Å². The fourth-order valence-corrected chi connectivity index (χ4v) is 1.04. The molecule has 2 heterocycles. The summed E-state index contributed by atoms with van der Waals surface area (Å²) in [6.45, 7) is 2.18. The molecule has 8 nitrogen and oxygen atoms in total. The summed E-state index contributed by atoms with van der Waals surface area (Å²) in [4.78, 5) is 0. The van der Waals surface area contributed by atoms with Crippen LogP contribution >= 0.6 is 0 Å². The lowest BCUT2D eigenvalue weighted by atomic mass is 10.4. The zero-order valence-corrected chi connectivity index (χ0v) is 7.04. The molecule has 0 radical (unpaired) electrons. The minimum atomic E-state index is 0.574. The molecule has 0 bridgehead atoms. The molecule has 0 amide bonds. The summed E-state index contributed by atoms with van der Waals surface area (Å²) < 4.78 is 1.69. The Morgan fingerprint density at radius 2 is 2.38 bits per heavy atom. The van der Waals surface area contributed by atoms with Crippen molar-refractivity contribution >= 4 is 0 Å². The van der Waals surface area contributed by atoms with E-state index in [0.29, 0.717) is 6.67 Å². The van der Waals surface area contributed by atoms with E-state index in [1.807, 2.05) is 0 Å². The maximum atomic E-state index is 3.84. The van der Waals surface area contributed by atoms with Crippen LogP contribution in [0.3, 0.4) is 0 Å². The van der Waals surface area contributed by atoms with Gasteiger partial charge in [0, 0.05) is 6.54 Å². The molecule has 1 aliphatic rings. The van der Waals surface area contributed by atoms with Crippen LogP contribution in [0.4, 0.5) is 0 Å². The van der Waals surface area contributed by atoms with Crippen molar-refractivity contribution < 1.29 is 0 Å². The van der Waals surface area contributed by atoms with Crippen LogP contribution < -0.4 is 5.43 Å². The molecular weight excluding hydrogens is 172 g/mol. The molecule has 70 valence electrons. The normalized spacial score (nSPS) is 15.5. The first kappa shape index (κ1) is 8.05. The van der Waals surface area contributed by atoms with Gasteiger partial charge in [-0.25, -0.2) is 9.80 Å². The van der Waals surface area contributed by atoms with Crippen LogP contribution in [0.25, 0.3) is 0 Å². The maximum absolute atomic E-state index is 3.84. The molecule has 0 aromatic carbocycles. The van der Waals surface area contributed by atoms with Crippen LogP contribution in [0.15, 0.2) is 16.7 Å². The number of aromatic nitrogens is 4.